The maximum atomic E-state index is 5.68. The fraction of sp³-hybridized carbons (Fsp3) is 0.538. The van der Waals surface area contributed by atoms with Crippen molar-refractivity contribution in [3.05, 3.63) is 24.3 Å². The highest BCUT2D eigenvalue weighted by Gasteiger charge is 2.23. The summed E-state index contributed by atoms with van der Waals surface area (Å²) >= 11 is 5.36. The molecule has 0 radical (unpaired) electrons. The van der Waals surface area contributed by atoms with Gasteiger partial charge in [-0.05, 0) is 39.1 Å². The van der Waals surface area contributed by atoms with Crippen LogP contribution in [0.2, 0.25) is 0 Å². The summed E-state index contributed by atoms with van der Waals surface area (Å²) in [5.41, 5.74) is 3.60. The van der Waals surface area contributed by atoms with Gasteiger partial charge in [-0.1, -0.05) is 0 Å². The molecular weight excluding hydrogens is 274 g/mol. The molecule has 1 saturated heterocycles. The standard InChI is InChI=1S/C13H19N5OS/c1-9-7-18(8-10(2)19-9)13(20)17-16-11(3)12-14-5-4-6-15-12/h4-6,9-10H,7-8H2,1-3H3,(H,17,20)/b16-11+/t9-,10-/m0/s1. The third-order valence-electron chi connectivity index (χ3n) is 2.92. The van der Waals surface area contributed by atoms with Crippen molar-refractivity contribution in [2.75, 3.05) is 13.1 Å². The summed E-state index contributed by atoms with van der Waals surface area (Å²) in [5, 5.41) is 4.84. The number of hydrogen-bond acceptors (Lipinski definition) is 5. The van der Waals surface area contributed by atoms with Crippen LogP contribution >= 0.6 is 12.2 Å². The maximum absolute atomic E-state index is 5.68. The summed E-state index contributed by atoms with van der Waals surface area (Å²) in [4.78, 5) is 10.3. The van der Waals surface area contributed by atoms with Gasteiger partial charge < -0.3 is 9.64 Å². The smallest absolute Gasteiger partial charge is 0.189 e. The van der Waals surface area contributed by atoms with Gasteiger partial charge in [0.15, 0.2) is 10.9 Å². The predicted molar refractivity (Wildman–Crippen MR) is 81.6 cm³/mol. The SMILES string of the molecule is C/C(=N\NC(=S)N1C[C@H](C)O[C@@H](C)C1)c1ncccn1. The minimum absolute atomic E-state index is 0.168. The van der Waals surface area contributed by atoms with Gasteiger partial charge in [0.25, 0.3) is 0 Å². The van der Waals surface area contributed by atoms with E-state index in [1.54, 1.807) is 18.5 Å². The predicted octanol–water partition coefficient (Wildman–Crippen LogP) is 1.18. The second-order valence-electron chi connectivity index (χ2n) is 4.85. The van der Waals surface area contributed by atoms with Gasteiger partial charge in [0.05, 0.1) is 12.2 Å². The lowest BCUT2D eigenvalue weighted by Crippen LogP contribution is -2.50. The quantitative estimate of drug-likeness (QED) is 0.502. The number of hydrogen-bond donors (Lipinski definition) is 1. The zero-order valence-corrected chi connectivity index (χ0v) is 12.7. The summed E-state index contributed by atoms with van der Waals surface area (Å²) in [6.45, 7) is 7.46. The van der Waals surface area contributed by atoms with Crippen molar-refractivity contribution in [1.82, 2.24) is 20.3 Å². The van der Waals surface area contributed by atoms with E-state index in [9.17, 15) is 0 Å². The van der Waals surface area contributed by atoms with Crippen molar-refractivity contribution in [3.8, 4) is 0 Å². The molecule has 6 nitrogen and oxygen atoms in total. The molecule has 2 atom stereocenters. The molecule has 2 rings (SSSR count). The summed E-state index contributed by atoms with van der Waals surface area (Å²) in [6, 6.07) is 1.77. The van der Waals surface area contributed by atoms with Crippen LogP contribution in [-0.2, 0) is 4.74 Å². The molecule has 0 bridgehead atoms. The summed E-state index contributed by atoms with van der Waals surface area (Å²) in [7, 11) is 0. The number of thiocarbonyl (C=S) groups is 1. The Hall–Kier alpha value is -1.60. The normalized spacial score (nSPS) is 23.6. The molecule has 7 heteroatoms. The molecule has 0 amide bonds. The molecule has 1 aromatic heterocycles. The van der Waals surface area contributed by atoms with Gasteiger partial charge in [0.2, 0.25) is 0 Å². The molecule has 0 spiro atoms. The molecule has 1 aromatic rings. The van der Waals surface area contributed by atoms with Crippen LogP contribution in [0.15, 0.2) is 23.6 Å². The molecule has 0 aliphatic carbocycles. The van der Waals surface area contributed by atoms with Gasteiger partial charge in [-0.15, -0.1) is 0 Å². The van der Waals surface area contributed by atoms with Crippen LogP contribution in [-0.4, -0.2) is 51.0 Å². The van der Waals surface area contributed by atoms with Gasteiger partial charge in [-0.3, -0.25) is 5.43 Å². The summed E-state index contributed by atoms with van der Waals surface area (Å²) < 4.78 is 5.68. The van der Waals surface area contributed by atoms with E-state index in [1.807, 2.05) is 20.8 Å². The first-order valence-electron chi connectivity index (χ1n) is 6.58. The van der Waals surface area contributed by atoms with E-state index >= 15 is 0 Å². The Bertz CT molecular complexity index is 483. The monoisotopic (exact) mass is 293 g/mol. The first-order valence-corrected chi connectivity index (χ1v) is 6.99. The number of rotatable bonds is 2. The number of nitrogens with one attached hydrogen (secondary N) is 1. The average molecular weight is 293 g/mol. The molecule has 0 saturated carbocycles. The van der Waals surface area contributed by atoms with Gasteiger partial charge >= 0.3 is 0 Å². The van der Waals surface area contributed by atoms with Crippen LogP contribution < -0.4 is 5.43 Å². The molecule has 1 fully saturated rings. The van der Waals surface area contributed by atoms with Gasteiger partial charge in [-0.25, -0.2) is 9.97 Å². The second kappa shape index (κ2) is 6.71. The Kier molecular flexibility index (Phi) is 4.97. The Labute approximate surface area is 124 Å². The van der Waals surface area contributed by atoms with Crippen molar-refractivity contribution >= 4 is 23.0 Å². The molecule has 108 valence electrons. The number of morpholine rings is 1. The fourth-order valence-corrected chi connectivity index (χ4v) is 2.28. The molecule has 0 unspecified atom stereocenters. The van der Waals surface area contributed by atoms with E-state index in [1.165, 1.54) is 0 Å². The second-order valence-corrected chi connectivity index (χ2v) is 5.24. The highest BCUT2D eigenvalue weighted by atomic mass is 32.1. The highest BCUT2D eigenvalue weighted by Crippen LogP contribution is 2.10. The van der Waals surface area contributed by atoms with E-state index < -0.39 is 0 Å². The molecular formula is C13H19N5OS. The van der Waals surface area contributed by atoms with Crippen LogP contribution in [0, 0.1) is 0 Å². The van der Waals surface area contributed by atoms with E-state index in [2.05, 4.69) is 25.4 Å². The Morgan fingerprint density at radius 1 is 1.35 bits per heavy atom. The maximum Gasteiger partial charge on any atom is 0.189 e. The van der Waals surface area contributed by atoms with Gasteiger partial charge in [-0.2, -0.15) is 5.10 Å². The fourth-order valence-electron chi connectivity index (χ4n) is 2.08. The van der Waals surface area contributed by atoms with Gasteiger partial charge in [0.1, 0.15) is 5.71 Å². The number of hydrazone groups is 1. The van der Waals surface area contributed by atoms with Crippen molar-refractivity contribution in [1.29, 1.82) is 0 Å². The Morgan fingerprint density at radius 3 is 2.55 bits per heavy atom. The number of aromatic nitrogens is 2. The Morgan fingerprint density at radius 2 is 1.95 bits per heavy atom. The van der Waals surface area contributed by atoms with Crippen molar-refractivity contribution < 1.29 is 4.74 Å². The minimum atomic E-state index is 0.168. The lowest BCUT2D eigenvalue weighted by Gasteiger charge is -2.36. The van der Waals surface area contributed by atoms with Crippen molar-refractivity contribution in [2.24, 2.45) is 5.10 Å². The molecule has 1 aliphatic heterocycles. The largest absolute Gasteiger partial charge is 0.372 e. The molecule has 1 N–H and O–H groups in total. The topological polar surface area (TPSA) is 62.6 Å². The van der Waals surface area contributed by atoms with E-state index in [0.29, 0.717) is 16.6 Å². The van der Waals surface area contributed by atoms with Crippen LogP contribution in [0.5, 0.6) is 0 Å². The first-order chi connectivity index (χ1) is 9.56. The zero-order valence-electron chi connectivity index (χ0n) is 11.9. The number of nitrogens with zero attached hydrogens (tertiary/aromatic N) is 4. The average Bonchev–Trinajstić information content (AvgIpc) is 2.44. The molecule has 20 heavy (non-hydrogen) atoms. The highest BCUT2D eigenvalue weighted by molar-refractivity contribution is 7.80. The van der Waals surface area contributed by atoms with Crippen LogP contribution in [0.1, 0.15) is 26.6 Å². The van der Waals surface area contributed by atoms with Crippen molar-refractivity contribution in [3.63, 3.8) is 0 Å². The Balaban J connectivity index is 1.94. The zero-order chi connectivity index (χ0) is 14.5. The van der Waals surface area contributed by atoms with E-state index in [4.69, 9.17) is 17.0 Å². The number of ether oxygens (including phenoxy) is 1. The third kappa shape index (κ3) is 3.94. The molecule has 0 aromatic carbocycles. The first kappa shape index (κ1) is 14.8. The molecule has 1 aliphatic rings. The summed E-state index contributed by atoms with van der Waals surface area (Å²) in [5.74, 6) is 0.589. The minimum Gasteiger partial charge on any atom is -0.372 e. The lowest BCUT2D eigenvalue weighted by atomic mass is 10.2. The van der Waals surface area contributed by atoms with Crippen molar-refractivity contribution in [2.45, 2.75) is 33.0 Å². The van der Waals surface area contributed by atoms with E-state index in [0.717, 1.165) is 13.1 Å². The summed E-state index contributed by atoms with van der Waals surface area (Å²) in [6.07, 6.45) is 3.71. The van der Waals surface area contributed by atoms with Crippen LogP contribution in [0.3, 0.4) is 0 Å². The lowest BCUT2D eigenvalue weighted by molar-refractivity contribution is -0.0481. The van der Waals surface area contributed by atoms with Gasteiger partial charge in [0, 0.05) is 25.5 Å². The van der Waals surface area contributed by atoms with E-state index in [-0.39, 0.29) is 12.2 Å². The third-order valence-corrected chi connectivity index (χ3v) is 3.26. The van der Waals surface area contributed by atoms with Crippen LogP contribution in [0.25, 0.3) is 0 Å². The van der Waals surface area contributed by atoms with Crippen LogP contribution in [0.4, 0.5) is 0 Å². The molecule has 2 heterocycles.